The number of likely N-dealkylation sites (tertiary alicyclic amines) is 1. The fourth-order valence-corrected chi connectivity index (χ4v) is 2.65. The number of benzene rings is 1. The highest BCUT2D eigenvalue weighted by Gasteiger charge is 2.26. The highest BCUT2D eigenvalue weighted by molar-refractivity contribution is 9.10. The third-order valence-corrected chi connectivity index (χ3v) is 4.92. The van der Waals surface area contributed by atoms with Gasteiger partial charge in [-0.3, -0.25) is 4.79 Å². The van der Waals surface area contributed by atoms with Gasteiger partial charge in [-0.2, -0.15) is 0 Å². The number of halogens is 1. The van der Waals surface area contributed by atoms with Crippen molar-refractivity contribution in [1.29, 1.82) is 0 Å². The first-order valence-corrected chi connectivity index (χ1v) is 7.33. The van der Waals surface area contributed by atoms with Gasteiger partial charge < -0.3 is 4.90 Å². The molecule has 2 atom stereocenters. The normalized spacial score (nSPS) is 24.1. The average molecular weight is 310 g/mol. The van der Waals surface area contributed by atoms with Gasteiger partial charge in [0.25, 0.3) is 5.91 Å². The van der Waals surface area contributed by atoms with Gasteiger partial charge in [-0.05, 0) is 48.9 Å². The molecule has 1 aliphatic heterocycles. The van der Waals surface area contributed by atoms with Crippen LogP contribution >= 0.6 is 15.9 Å². The summed E-state index contributed by atoms with van der Waals surface area (Å²) in [6.07, 6.45) is 1.11. The van der Waals surface area contributed by atoms with Crippen molar-refractivity contribution in [3.8, 4) is 0 Å². The fourth-order valence-electron chi connectivity index (χ4n) is 2.41. The van der Waals surface area contributed by atoms with Crippen LogP contribution in [0.25, 0.3) is 0 Å². The summed E-state index contributed by atoms with van der Waals surface area (Å²) < 4.78 is 1.06. The first-order chi connectivity index (χ1) is 8.49. The van der Waals surface area contributed by atoms with Crippen molar-refractivity contribution in [2.24, 2.45) is 11.8 Å². The number of hydrogen-bond donors (Lipinski definition) is 0. The number of hydrogen-bond acceptors (Lipinski definition) is 1. The molecule has 3 heteroatoms. The number of rotatable bonds is 1. The molecule has 0 aromatic heterocycles. The molecule has 0 radical (unpaired) electrons. The molecule has 2 unspecified atom stereocenters. The van der Waals surface area contributed by atoms with E-state index in [2.05, 4.69) is 29.8 Å². The number of piperidine rings is 1. The summed E-state index contributed by atoms with van der Waals surface area (Å²) in [5, 5.41) is 0. The summed E-state index contributed by atoms with van der Waals surface area (Å²) in [6, 6.07) is 5.83. The molecule has 1 amide bonds. The van der Waals surface area contributed by atoms with E-state index in [4.69, 9.17) is 0 Å². The van der Waals surface area contributed by atoms with Gasteiger partial charge in [-0.25, -0.2) is 0 Å². The molecule has 0 saturated carbocycles. The maximum Gasteiger partial charge on any atom is 0.253 e. The van der Waals surface area contributed by atoms with Crippen molar-refractivity contribution in [1.82, 2.24) is 4.90 Å². The van der Waals surface area contributed by atoms with E-state index < -0.39 is 0 Å². The molecule has 2 rings (SSSR count). The molecule has 1 fully saturated rings. The maximum absolute atomic E-state index is 12.4. The number of carbonyl (C=O) groups excluding carboxylic acids is 1. The smallest absolute Gasteiger partial charge is 0.253 e. The van der Waals surface area contributed by atoms with Gasteiger partial charge in [0.05, 0.1) is 0 Å². The zero-order valence-corrected chi connectivity index (χ0v) is 12.8. The Morgan fingerprint density at radius 3 is 2.67 bits per heavy atom. The maximum atomic E-state index is 12.4. The zero-order valence-electron chi connectivity index (χ0n) is 11.2. The van der Waals surface area contributed by atoms with E-state index in [0.717, 1.165) is 41.0 Å². The Kier molecular flexibility index (Phi) is 4.10. The average Bonchev–Trinajstić information content (AvgIpc) is 2.35. The predicted octanol–water partition coefficient (Wildman–Crippen LogP) is 3.88. The fraction of sp³-hybridized carbons (Fsp3) is 0.533. The van der Waals surface area contributed by atoms with Gasteiger partial charge in [0.1, 0.15) is 0 Å². The van der Waals surface area contributed by atoms with E-state index in [0.29, 0.717) is 5.92 Å². The van der Waals surface area contributed by atoms with Gasteiger partial charge in [0, 0.05) is 23.1 Å². The molecule has 1 saturated heterocycles. The summed E-state index contributed by atoms with van der Waals surface area (Å²) in [5.41, 5.74) is 1.91. The molecule has 0 N–H and O–H groups in total. The molecule has 0 bridgehead atoms. The van der Waals surface area contributed by atoms with Gasteiger partial charge >= 0.3 is 0 Å². The van der Waals surface area contributed by atoms with Crippen LogP contribution < -0.4 is 0 Å². The van der Waals surface area contributed by atoms with Crippen LogP contribution in [0.4, 0.5) is 0 Å². The standard InChI is InChI=1S/C15H20BrNO/c1-10-6-7-17(9-12(10)3)15(18)13-4-5-14(16)11(2)8-13/h4-5,8,10,12H,6-7,9H2,1-3H3. The Labute approximate surface area is 117 Å². The molecular weight excluding hydrogens is 290 g/mol. The highest BCUT2D eigenvalue weighted by Crippen LogP contribution is 2.24. The number of aryl methyl sites for hydroxylation is 1. The van der Waals surface area contributed by atoms with E-state index in [1.807, 2.05) is 30.0 Å². The van der Waals surface area contributed by atoms with Crippen LogP contribution in [0.5, 0.6) is 0 Å². The molecule has 0 aliphatic carbocycles. The van der Waals surface area contributed by atoms with Gasteiger partial charge in [-0.15, -0.1) is 0 Å². The van der Waals surface area contributed by atoms with Crippen LogP contribution in [-0.2, 0) is 0 Å². The monoisotopic (exact) mass is 309 g/mol. The van der Waals surface area contributed by atoms with Crippen molar-refractivity contribution < 1.29 is 4.79 Å². The topological polar surface area (TPSA) is 20.3 Å². The van der Waals surface area contributed by atoms with Crippen LogP contribution in [0, 0.1) is 18.8 Å². The Hall–Kier alpha value is -0.830. The van der Waals surface area contributed by atoms with Crippen molar-refractivity contribution in [2.75, 3.05) is 13.1 Å². The second-order valence-electron chi connectivity index (χ2n) is 5.46. The van der Waals surface area contributed by atoms with E-state index in [1.165, 1.54) is 0 Å². The molecule has 18 heavy (non-hydrogen) atoms. The second-order valence-corrected chi connectivity index (χ2v) is 6.31. The lowest BCUT2D eigenvalue weighted by molar-refractivity contribution is 0.0627. The van der Waals surface area contributed by atoms with Crippen molar-refractivity contribution in [2.45, 2.75) is 27.2 Å². The highest BCUT2D eigenvalue weighted by atomic mass is 79.9. The van der Waals surface area contributed by atoms with E-state index >= 15 is 0 Å². The number of carbonyl (C=O) groups is 1. The Morgan fingerprint density at radius 2 is 2.06 bits per heavy atom. The summed E-state index contributed by atoms with van der Waals surface area (Å²) in [6.45, 7) is 8.30. The van der Waals surface area contributed by atoms with Crippen molar-refractivity contribution in [3.63, 3.8) is 0 Å². The molecule has 1 aromatic carbocycles. The first-order valence-electron chi connectivity index (χ1n) is 6.54. The van der Waals surface area contributed by atoms with Crippen molar-refractivity contribution in [3.05, 3.63) is 33.8 Å². The minimum atomic E-state index is 0.171. The third kappa shape index (κ3) is 2.77. The molecule has 0 spiro atoms. The molecule has 1 aromatic rings. The molecule has 98 valence electrons. The summed E-state index contributed by atoms with van der Waals surface area (Å²) in [7, 11) is 0. The van der Waals surface area contributed by atoms with E-state index in [-0.39, 0.29) is 5.91 Å². The summed E-state index contributed by atoms with van der Waals surface area (Å²) in [5.74, 6) is 1.49. The second kappa shape index (κ2) is 5.43. The van der Waals surface area contributed by atoms with Gasteiger partial charge in [-0.1, -0.05) is 29.8 Å². The molecular formula is C15H20BrNO. The third-order valence-electron chi connectivity index (χ3n) is 4.03. The lowest BCUT2D eigenvalue weighted by Crippen LogP contribution is -2.42. The minimum Gasteiger partial charge on any atom is -0.338 e. The summed E-state index contributed by atoms with van der Waals surface area (Å²) in [4.78, 5) is 14.4. The van der Waals surface area contributed by atoms with Crippen LogP contribution in [0.2, 0.25) is 0 Å². The Bertz CT molecular complexity index is 458. The number of nitrogens with zero attached hydrogens (tertiary/aromatic N) is 1. The Balaban J connectivity index is 2.14. The van der Waals surface area contributed by atoms with Gasteiger partial charge in [0.15, 0.2) is 0 Å². The lowest BCUT2D eigenvalue weighted by Gasteiger charge is -2.35. The van der Waals surface area contributed by atoms with Crippen LogP contribution in [0.1, 0.15) is 36.2 Å². The lowest BCUT2D eigenvalue weighted by atomic mass is 9.88. The molecule has 1 aliphatic rings. The van der Waals surface area contributed by atoms with Crippen LogP contribution in [-0.4, -0.2) is 23.9 Å². The van der Waals surface area contributed by atoms with E-state index in [1.54, 1.807) is 0 Å². The number of amides is 1. The largest absolute Gasteiger partial charge is 0.338 e. The van der Waals surface area contributed by atoms with Crippen LogP contribution in [0.3, 0.4) is 0 Å². The minimum absolute atomic E-state index is 0.171. The van der Waals surface area contributed by atoms with Gasteiger partial charge in [0.2, 0.25) is 0 Å². The Morgan fingerprint density at radius 1 is 1.33 bits per heavy atom. The quantitative estimate of drug-likeness (QED) is 0.771. The molecule has 2 nitrogen and oxygen atoms in total. The summed E-state index contributed by atoms with van der Waals surface area (Å²) >= 11 is 3.47. The SMILES string of the molecule is Cc1cc(C(=O)N2CCC(C)C(C)C2)ccc1Br. The first kappa shape index (κ1) is 13.6. The molecule has 1 heterocycles. The van der Waals surface area contributed by atoms with Crippen molar-refractivity contribution >= 4 is 21.8 Å². The zero-order chi connectivity index (χ0) is 13.3. The van der Waals surface area contributed by atoms with Crippen LogP contribution in [0.15, 0.2) is 22.7 Å². The predicted molar refractivity (Wildman–Crippen MR) is 77.7 cm³/mol. The van der Waals surface area contributed by atoms with E-state index in [9.17, 15) is 4.79 Å².